The molecule has 2 N–H and O–H groups in total. The Morgan fingerprint density at radius 1 is 1.00 bits per heavy atom. The van der Waals surface area contributed by atoms with Crippen molar-refractivity contribution >= 4 is 27.7 Å². The van der Waals surface area contributed by atoms with E-state index in [4.69, 9.17) is 24.5 Å². The highest BCUT2D eigenvalue weighted by Crippen LogP contribution is 2.38. The summed E-state index contributed by atoms with van der Waals surface area (Å²) in [5, 5.41) is 13.8. The summed E-state index contributed by atoms with van der Waals surface area (Å²) in [4.78, 5) is 39.0. The van der Waals surface area contributed by atoms with Gasteiger partial charge in [-0.15, -0.1) is 0 Å². The number of rotatable bonds is 3. The number of pyridine rings is 1. The number of halogens is 6. The minimum Gasteiger partial charge on any atom is -0.475 e. The minimum atomic E-state index is -5.08. The molecule has 1 aromatic heterocycles. The highest BCUT2D eigenvalue weighted by Gasteiger charge is 2.51. The molecule has 0 saturated carbocycles. The lowest BCUT2D eigenvalue weighted by molar-refractivity contribution is -0.193. The number of sulfone groups is 1. The highest BCUT2D eigenvalue weighted by atomic mass is 32.2. The average Bonchev–Trinajstić information content (AvgIpc) is 3.29. The molecule has 4 heterocycles. The number of hydrogen-bond acceptors (Lipinski definition) is 8. The fourth-order valence-electron chi connectivity index (χ4n) is 4.51. The normalized spacial score (nSPS) is 24.4. The molecular weight excluding hydrogens is 580 g/mol. The summed E-state index contributed by atoms with van der Waals surface area (Å²) in [5.74, 6) is -5.59. The first-order valence-corrected chi connectivity index (χ1v) is 13.4. The predicted molar refractivity (Wildman–Crippen MR) is 123 cm³/mol. The molecule has 3 aliphatic rings. The van der Waals surface area contributed by atoms with Crippen LogP contribution in [0.15, 0.2) is 24.5 Å². The molecule has 3 atom stereocenters. The Kier molecular flexibility index (Phi) is 11.3. The van der Waals surface area contributed by atoms with Gasteiger partial charge >= 0.3 is 24.3 Å². The topological polar surface area (TPSA) is 154 Å². The second-order valence-corrected chi connectivity index (χ2v) is 11.4. The standard InChI is InChI=1S/C18H25N3O4S.2C2HF3O2/c22-18(21-5-7-25-8-6-21)15-3-9-26(23,24)17-13-20(12-16(15)17)11-14-2-1-4-19-10-14;2*3-2(4,5)1(6)7/h1-2,4,10,15-17H,3,5-9,11-13H2;2*(H,6,7)/t15-,16-,17-;;/m1../s1. The molecule has 1 aromatic rings. The first-order valence-electron chi connectivity index (χ1n) is 11.7. The van der Waals surface area contributed by atoms with Gasteiger partial charge in [-0.05, 0) is 18.1 Å². The number of aromatic nitrogens is 1. The monoisotopic (exact) mass is 607 g/mol. The molecule has 1 amide bonds. The zero-order valence-electron chi connectivity index (χ0n) is 20.8. The summed E-state index contributed by atoms with van der Waals surface area (Å²) >= 11 is 0. The van der Waals surface area contributed by atoms with Gasteiger partial charge in [-0.3, -0.25) is 14.7 Å². The molecule has 0 aromatic carbocycles. The van der Waals surface area contributed by atoms with E-state index in [1.807, 2.05) is 23.2 Å². The van der Waals surface area contributed by atoms with Crippen LogP contribution < -0.4 is 0 Å². The maximum Gasteiger partial charge on any atom is 0.490 e. The Morgan fingerprint density at radius 2 is 1.55 bits per heavy atom. The van der Waals surface area contributed by atoms with Gasteiger partial charge in [-0.2, -0.15) is 26.3 Å². The Labute approximate surface area is 224 Å². The molecule has 0 aliphatic carbocycles. The molecule has 3 fully saturated rings. The van der Waals surface area contributed by atoms with Crippen molar-refractivity contribution in [1.29, 1.82) is 0 Å². The first-order chi connectivity index (χ1) is 18.4. The number of hydrogen-bond donors (Lipinski definition) is 2. The molecule has 18 heteroatoms. The second kappa shape index (κ2) is 13.6. The Hall–Kier alpha value is -2.99. The van der Waals surface area contributed by atoms with Crippen molar-refractivity contribution in [1.82, 2.24) is 14.8 Å². The van der Waals surface area contributed by atoms with Crippen molar-refractivity contribution in [3.63, 3.8) is 0 Å². The predicted octanol–water partition coefficient (Wildman–Crippen LogP) is 1.44. The van der Waals surface area contributed by atoms with Crippen molar-refractivity contribution in [2.24, 2.45) is 11.8 Å². The van der Waals surface area contributed by atoms with Crippen LogP contribution >= 0.6 is 0 Å². The number of nitrogens with zero attached hydrogens (tertiary/aromatic N) is 3. The largest absolute Gasteiger partial charge is 0.490 e. The Bertz CT molecular complexity index is 1100. The minimum absolute atomic E-state index is 0.110. The summed E-state index contributed by atoms with van der Waals surface area (Å²) < 4.78 is 94.1. The highest BCUT2D eigenvalue weighted by molar-refractivity contribution is 7.92. The van der Waals surface area contributed by atoms with Crippen molar-refractivity contribution in [2.45, 2.75) is 30.6 Å². The zero-order valence-corrected chi connectivity index (χ0v) is 21.6. The molecule has 226 valence electrons. The van der Waals surface area contributed by atoms with Crippen LogP contribution in [-0.2, 0) is 35.5 Å². The number of carboxylic acids is 2. The van der Waals surface area contributed by atoms with Gasteiger partial charge < -0.3 is 19.8 Å². The maximum atomic E-state index is 13.0. The van der Waals surface area contributed by atoms with E-state index in [9.17, 15) is 39.6 Å². The van der Waals surface area contributed by atoms with E-state index in [0.717, 1.165) is 5.56 Å². The van der Waals surface area contributed by atoms with Gasteiger partial charge in [0.05, 0.1) is 24.2 Å². The SMILES string of the molecule is O=C(O)C(F)(F)F.O=C(O)C(F)(F)F.O=C([C@@H]1CCS(=O)(=O)[C@@H]2CN(Cc3cccnc3)C[C@@H]21)N1CCOCC1. The fraction of sp³-hybridized carbons (Fsp3) is 0.636. The number of likely N-dealkylation sites (tertiary alicyclic amines) is 1. The summed E-state index contributed by atoms with van der Waals surface area (Å²) in [6, 6.07) is 3.89. The van der Waals surface area contributed by atoms with Crippen LogP contribution in [-0.4, -0.2) is 114 Å². The third kappa shape index (κ3) is 9.58. The molecule has 0 bridgehead atoms. The third-order valence-electron chi connectivity index (χ3n) is 6.33. The zero-order chi connectivity index (χ0) is 30.3. The number of carbonyl (C=O) groups excluding carboxylic acids is 1. The van der Waals surface area contributed by atoms with E-state index in [-0.39, 0.29) is 23.5 Å². The lowest BCUT2D eigenvalue weighted by Crippen LogP contribution is -2.50. The molecule has 3 saturated heterocycles. The van der Waals surface area contributed by atoms with Gasteiger partial charge in [0.2, 0.25) is 5.91 Å². The summed E-state index contributed by atoms with van der Waals surface area (Å²) in [5.41, 5.74) is 1.07. The third-order valence-corrected chi connectivity index (χ3v) is 8.56. The first kappa shape index (κ1) is 33.2. The lowest BCUT2D eigenvalue weighted by Gasteiger charge is -2.36. The van der Waals surface area contributed by atoms with Crippen LogP contribution in [0, 0.1) is 11.8 Å². The molecule has 11 nitrogen and oxygen atoms in total. The smallest absolute Gasteiger partial charge is 0.475 e. The number of carboxylic acid groups (broad SMARTS) is 2. The van der Waals surface area contributed by atoms with E-state index in [0.29, 0.717) is 52.4 Å². The Morgan fingerprint density at radius 3 is 2.02 bits per heavy atom. The van der Waals surface area contributed by atoms with E-state index >= 15 is 0 Å². The lowest BCUT2D eigenvalue weighted by atomic mass is 9.87. The number of alkyl halides is 6. The maximum absolute atomic E-state index is 13.0. The van der Waals surface area contributed by atoms with Crippen molar-refractivity contribution in [3.8, 4) is 0 Å². The number of ether oxygens (including phenoxy) is 1. The number of carbonyl (C=O) groups is 3. The molecule has 0 spiro atoms. The van der Waals surface area contributed by atoms with Gasteiger partial charge in [0, 0.05) is 57.0 Å². The second-order valence-electron chi connectivity index (χ2n) is 9.06. The summed E-state index contributed by atoms with van der Waals surface area (Å²) in [7, 11) is -3.14. The van der Waals surface area contributed by atoms with Crippen LogP contribution in [0.25, 0.3) is 0 Å². The molecular formula is C22H27F6N3O8S. The van der Waals surface area contributed by atoms with Gasteiger partial charge in [0.1, 0.15) is 0 Å². The van der Waals surface area contributed by atoms with Crippen molar-refractivity contribution in [3.05, 3.63) is 30.1 Å². The van der Waals surface area contributed by atoms with Crippen LogP contribution in [0.4, 0.5) is 26.3 Å². The van der Waals surface area contributed by atoms with Gasteiger partial charge in [-0.1, -0.05) is 6.07 Å². The molecule has 3 aliphatic heterocycles. The van der Waals surface area contributed by atoms with Crippen LogP contribution in [0.3, 0.4) is 0 Å². The molecule has 0 unspecified atom stereocenters. The van der Waals surface area contributed by atoms with Crippen molar-refractivity contribution < 1.29 is 64.1 Å². The van der Waals surface area contributed by atoms with Gasteiger partial charge in [0.25, 0.3) is 0 Å². The van der Waals surface area contributed by atoms with Crippen molar-refractivity contribution in [2.75, 3.05) is 45.1 Å². The summed E-state index contributed by atoms with van der Waals surface area (Å²) in [6.07, 6.45) is -6.18. The van der Waals surface area contributed by atoms with Gasteiger partial charge in [-0.25, -0.2) is 18.0 Å². The quantitative estimate of drug-likeness (QED) is 0.483. The van der Waals surface area contributed by atoms with E-state index in [1.165, 1.54) is 0 Å². The van der Waals surface area contributed by atoms with E-state index in [1.54, 1.807) is 6.20 Å². The number of amides is 1. The Balaban J connectivity index is 0.000000333. The average molecular weight is 608 g/mol. The van der Waals surface area contributed by atoms with Crippen LogP contribution in [0.2, 0.25) is 0 Å². The summed E-state index contributed by atoms with van der Waals surface area (Å²) in [6.45, 7) is 4.19. The van der Waals surface area contributed by atoms with Gasteiger partial charge in [0.15, 0.2) is 9.84 Å². The fourth-order valence-corrected chi connectivity index (χ4v) is 6.64. The number of aliphatic carboxylic acids is 2. The van der Waals surface area contributed by atoms with Crippen LogP contribution in [0.5, 0.6) is 0 Å². The molecule has 40 heavy (non-hydrogen) atoms. The number of morpholine rings is 1. The molecule has 0 radical (unpaired) electrons. The van der Waals surface area contributed by atoms with E-state index < -0.39 is 39.4 Å². The molecule has 4 rings (SSSR count). The van der Waals surface area contributed by atoms with Crippen LogP contribution in [0.1, 0.15) is 12.0 Å². The number of fused-ring (bicyclic) bond motifs is 1. The van der Waals surface area contributed by atoms with E-state index in [2.05, 4.69) is 9.88 Å².